The normalized spacial score (nSPS) is 15.7. The predicted molar refractivity (Wildman–Crippen MR) is 46.9 cm³/mol. The van der Waals surface area contributed by atoms with Gasteiger partial charge in [-0.1, -0.05) is 0 Å². The van der Waals surface area contributed by atoms with E-state index in [1.54, 1.807) is 0 Å². The number of rotatable bonds is 6. The molecule has 0 spiro atoms. The van der Waals surface area contributed by atoms with Gasteiger partial charge in [0, 0.05) is 0 Å². The monoisotopic (exact) mass is 412 g/mol. The molecule has 0 unspecified atom stereocenters. The van der Waals surface area contributed by atoms with Crippen LogP contribution < -0.4 is 0 Å². The van der Waals surface area contributed by atoms with Crippen molar-refractivity contribution < 1.29 is 69.1 Å². The Hall–Kier alpha value is -0.880. The first-order valence-electron chi connectivity index (χ1n) is 4.38. The van der Waals surface area contributed by atoms with Crippen molar-refractivity contribution in [1.29, 1.82) is 0 Å². The van der Waals surface area contributed by atoms with Crippen LogP contribution in [0.4, 0.5) is 43.9 Å². The molecule has 0 atom stereocenters. The van der Waals surface area contributed by atoms with E-state index >= 15 is 0 Å². The van der Waals surface area contributed by atoms with Crippen LogP contribution in [0.5, 0.6) is 0 Å². The van der Waals surface area contributed by atoms with E-state index in [-0.39, 0.29) is 0 Å². The van der Waals surface area contributed by atoms with Crippen LogP contribution in [0.25, 0.3) is 0 Å². The highest BCUT2D eigenvalue weighted by atomic mass is 32.3. The average Bonchev–Trinajstić information content (AvgIpc) is 2.05. The maximum atomic E-state index is 12.2. The van der Waals surface area contributed by atoms with Gasteiger partial charge in [-0.15, -0.1) is 0 Å². The van der Waals surface area contributed by atoms with E-state index in [2.05, 4.69) is 8.37 Å². The number of hydrogen-bond acceptors (Lipinski definition) is 6. The summed E-state index contributed by atoms with van der Waals surface area (Å²) in [5.41, 5.74) is 0. The molecule has 0 aliphatic carbocycles. The van der Waals surface area contributed by atoms with Gasteiger partial charge in [-0.05, 0) is 0 Å². The van der Waals surface area contributed by atoms with Gasteiger partial charge in [0.1, 0.15) is 0 Å². The fraction of sp³-hybridized carbons (Fsp3) is 1.00. The van der Waals surface area contributed by atoms with Crippen molar-refractivity contribution in [2.75, 3.05) is 5.08 Å². The Morgan fingerprint density at radius 2 is 0.783 bits per heavy atom. The van der Waals surface area contributed by atoms with Crippen molar-refractivity contribution in [2.45, 2.75) is 24.6 Å². The van der Waals surface area contributed by atoms with E-state index in [0.717, 1.165) is 0 Å². The molecule has 0 amide bonds. The molecule has 0 aromatic heterocycles. The third kappa shape index (κ3) is 6.26. The Labute approximate surface area is 120 Å². The highest BCUT2D eigenvalue weighted by Crippen LogP contribution is 2.39. The minimum atomic E-state index is -6.65. The highest BCUT2D eigenvalue weighted by molar-refractivity contribution is 8.03. The quantitative estimate of drug-likeness (QED) is 0.490. The zero-order valence-electron chi connectivity index (χ0n) is 9.75. The van der Waals surface area contributed by atoms with Gasteiger partial charge in [-0.2, -0.15) is 69.1 Å². The average molecular weight is 412 g/mol. The molecule has 0 aromatic rings. The van der Waals surface area contributed by atoms with E-state index in [0.29, 0.717) is 0 Å². The maximum Gasteiger partial charge on any atom is 0.484 e. The van der Waals surface area contributed by atoms with E-state index in [1.165, 1.54) is 0 Å². The lowest BCUT2D eigenvalue weighted by Gasteiger charge is -2.20. The minimum Gasteiger partial charge on any atom is -0.198 e. The zero-order chi connectivity index (χ0) is 19.1. The van der Waals surface area contributed by atoms with Crippen molar-refractivity contribution in [3.63, 3.8) is 0 Å². The summed E-state index contributed by atoms with van der Waals surface area (Å²) in [5.74, 6) is 0. The summed E-state index contributed by atoms with van der Waals surface area (Å²) in [5, 5.41) is -3.17. The molecule has 0 heterocycles. The molecule has 0 aliphatic heterocycles. The van der Waals surface area contributed by atoms with E-state index in [1.807, 2.05) is 0 Å². The number of alkyl halides is 10. The Balaban J connectivity index is 5.34. The van der Waals surface area contributed by atoms with Crippen LogP contribution in [0.15, 0.2) is 0 Å². The highest BCUT2D eigenvalue weighted by Gasteiger charge is 2.64. The first-order valence-corrected chi connectivity index (χ1v) is 7.53. The molecular weight excluding hydrogens is 410 g/mol. The fourth-order valence-electron chi connectivity index (χ4n) is 0.638. The SMILES string of the molecule is O=S(=O)(CS(=O)(=O)OC(F)(F)C(F)(F)F)OC(F)(F)C(F)(F)F. The molecular formula is C5H2F10O6S2. The molecule has 0 saturated heterocycles. The van der Waals surface area contributed by atoms with Gasteiger partial charge < -0.3 is 0 Å². The first-order chi connectivity index (χ1) is 9.62. The minimum absolute atomic E-state index is 2.15. The van der Waals surface area contributed by atoms with Crippen LogP contribution in [0, 0.1) is 0 Å². The van der Waals surface area contributed by atoms with Gasteiger partial charge in [-0.3, -0.25) is 0 Å². The Morgan fingerprint density at radius 3 is 0.957 bits per heavy atom. The van der Waals surface area contributed by atoms with Crippen molar-refractivity contribution >= 4 is 20.2 Å². The Bertz CT molecular complexity index is 572. The molecule has 0 rings (SSSR count). The summed E-state index contributed by atoms with van der Waals surface area (Å²) in [4.78, 5) is 0. The third-order valence-electron chi connectivity index (χ3n) is 1.41. The summed E-state index contributed by atoms with van der Waals surface area (Å²) in [6.07, 6.45) is -26.2. The van der Waals surface area contributed by atoms with E-state index in [9.17, 15) is 60.7 Å². The van der Waals surface area contributed by atoms with Crippen LogP contribution in [0.2, 0.25) is 0 Å². The van der Waals surface area contributed by atoms with Gasteiger partial charge in [0.05, 0.1) is 0 Å². The fourth-order valence-corrected chi connectivity index (χ4v) is 3.26. The topological polar surface area (TPSA) is 86.7 Å². The van der Waals surface area contributed by atoms with Gasteiger partial charge >= 0.3 is 24.6 Å². The summed E-state index contributed by atoms with van der Waals surface area (Å²) in [6, 6.07) is 0. The van der Waals surface area contributed by atoms with Crippen LogP contribution >= 0.6 is 0 Å². The second-order valence-electron chi connectivity index (χ2n) is 3.43. The van der Waals surface area contributed by atoms with Crippen molar-refractivity contribution in [3.05, 3.63) is 0 Å². The van der Waals surface area contributed by atoms with Crippen LogP contribution in [-0.4, -0.2) is 46.5 Å². The molecule has 140 valence electrons. The second-order valence-corrected chi connectivity index (χ2v) is 6.94. The van der Waals surface area contributed by atoms with Gasteiger partial charge in [0.2, 0.25) is 5.08 Å². The Kier molecular flexibility index (Phi) is 5.66. The van der Waals surface area contributed by atoms with Crippen LogP contribution in [-0.2, 0) is 28.6 Å². The van der Waals surface area contributed by atoms with Crippen molar-refractivity contribution in [1.82, 2.24) is 0 Å². The lowest BCUT2D eigenvalue weighted by Crippen LogP contribution is -2.44. The van der Waals surface area contributed by atoms with E-state index < -0.39 is 49.9 Å². The molecule has 0 fully saturated rings. The summed E-state index contributed by atoms with van der Waals surface area (Å²) >= 11 is 0. The number of halogens is 10. The lowest BCUT2D eigenvalue weighted by molar-refractivity contribution is -0.360. The molecule has 23 heavy (non-hydrogen) atoms. The molecule has 0 bridgehead atoms. The second kappa shape index (κ2) is 5.88. The largest absolute Gasteiger partial charge is 0.484 e. The Morgan fingerprint density at radius 1 is 0.565 bits per heavy atom. The van der Waals surface area contributed by atoms with Gasteiger partial charge in [0.25, 0.3) is 20.2 Å². The number of hydrogen-bond donors (Lipinski definition) is 0. The van der Waals surface area contributed by atoms with Gasteiger partial charge in [0.15, 0.2) is 0 Å². The van der Waals surface area contributed by atoms with E-state index in [4.69, 9.17) is 0 Å². The lowest BCUT2D eigenvalue weighted by atomic mass is 10.6. The molecule has 0 N–H and O–H groups in total. The van der Waals surface area contributed by atoms with Crippen LogP contribution in [0.1, 0.15) is 0 Å². The molecule has 6 nitrogen and oxygen atoms in total. The third-order valence-corrected chi connectivity index (χ3v) is 4.65. The zero-order valence-corrected chi connectivity index (χ0v) is 11.4. The maximum absolute atomic E-state index is 12.2. The van der Waals surface area contributed by atoms with Gasteiger partial charge in [-0.25, -0.2) is 0 Å². The molecule has 0 aliphatic rings. The summed E-state index contributed by atoms with van der Waals surface area (Å²) < 4.78 is 166. The standard InChI is InChI=1S/C5H2F10O6S2/c6-2(7,8)4(12,13)20-22(16,17)1-23(18,19)21-5(14,15)3(9,10)11/h1H2. The molecule has 0 radical (unpaired) electrons. The van der Waals surface area contributed by atoms with Crippen molar-refractivity contribution in [3.8, 4) is 0 Å². The summed E-state index contributed by atoms with van der Waals surface area (Å²) in [6.45, 7) is 0. The molecule has 18 heteroatoms. The van der Waals surface area contributed by atoms with Crippen LogP contribution in [0.3, 0.4) is 0 Å². The first kappa shape index (κ1) is 22.1. The summed E-state index contributed by atoms with van der Waals surface area (Å²) in [7, 11) is -13.0. The predicted octanol–water partition coefficient (Wildman–Crippen LogP) is 1.95. The molecule has 0 aromatic carbocycles. The smallest absolute Gasteiger partial charge is 0.198 e. The molecule has 0 saturated carbocycles. The van der Waals surface area contributed by atoms with Crippen molar-refractivity contribution in [2.24, 2.45) is 0 Å².